The predicted octanol–water partition coefficient (Wildman–Crippen LogP) is 0.293. The van der Waals surface area contributed by atoms with Gasteiger partial charge in [-0.1, -0.05) is 23.2 Å². The van der Waals surface area contributed by atoms with Crippen LogP contribution < -0.4 is 11.1 Å². The van der Waals surface area contributed by atoms with Crippen LogP contribution in [0.25, 0.3) is 0 Å². The molecule has 54 valence electrons. The van der Waals surface area contributed by atoms with Crippen molar-refractivity contribution >= 4 is 23.2 Å². The van der Waals surface area contributed by atoms with E-state index < -0.39 is 4.46 Å². The van der Waals surface area contributed by atoms with Gasteiger partial charge in [0.25, 0.3) is 0 Å². The quantitative estimate of drug-likeness (QED) is 0.419. The standard InChI is InChI=1S/C3H8Cl2N2.Pd/c1-7-3(4,5)2-6;/h7H,2,6H2,1H3;. The van der Waals surface area contributed by atoms with Crippen molar-refractivity contribution in [3.05, 3.63) is 0 Å². The summed E-state index contributed by atoms with van der Waals surface area (Å²) in [6.07, 6.45) is 0. The first-order valence-electron chi connectivity index (χ1n) is 1.89. The first-order valence-corrected chi connectivity index (χ1v) is 2.65. The van der Waals surface area contributed by atoms with E-state index >= 15 is 0 Å². The Morgan fingerprint density at radius 2 is 2.00 bits per heavy atom. The topological polar surface area (TPSA) is 38.0 Å². The number of rotatable bonds is 2. The fourth-order valence-electron chi connectivity index (χ4n) is 0.102. The van der Waals surface area contributed by atoms with Gasteiger partial charge in [-0.15, -0.1) is 0 Å². The minimum absolute atomic E-state index is 0. The SMILES string of the molecule is CNC(Cl)(Cl)CN.[Pd]. The van der Waals surface area contributed by atoms with E-state index in [9.17, 15) is 0 Å². The summed E-state index contributed by atoms with van der Waals surface area (Å²) in [6.45, 7) is 0.215. The molecule has 0 amide bonds. The zero-order chi connectivity index (χ0) is 5.91. The van der Waals surface area contributed by atoms with Crippen molar-refractivity contribution < 1.29 is 20.4 Å². The van der Waals surface area contributed by atoms with Crippen molar-refractivity contribution in [3.8, 4) is 0 Å². The second-order valence-corrected chi connectivity index (χ2v) is 2.64. The van der Waals surface area contributed by atoms with Crippen molar-refractivity contribution in [2.75, 3.05) is 13.6 Å². The molecule has 2 nitrogen and oxygen atoms in total. The van der Waals surface area contributed by atoms with Crippen LogP contribution in [-0.4, -0.2) is 18.0 Å². The van der Waals surface area contributed by atoms with Gasteiger partial charge in [0.1, 0.15) is 0 Å². The van der Waals surface area contributed by atoms with Crippen molar-refractivity contribution in [3.63, 3.8) is 0 Å². The van der Waals surface area contributed by atoms with E-state index in [1.54, 1.807) is 7.05 Å². The van der Waals surface area contributed by atoms with Crippen molar-refractivity contribution in [1.82, 2.24) is 5.32 Å². The summed E-state index contributed by atoms with van der Waals surface area (Å²) in [5.41, 5.74) is 5.09. The van der Waals surface area contributed by atoms with Gasteiger partial charge in [-0.2, -0.15) is 0 Å². The minimum atomic E-state index is -0.944. The number of nitrogens with two attached hydrogens (primary N) is 1. The van der Waals surface area contributed by atoms with E-state index in [0.29, 0.717) is 0 Å². The molecule has 0 heterocycles. The van der Waals surface area contributed by atoms with Gasteiger partial charge in [0.2, 0.25) is 0 Å². The summed E-state index contributed by atoms with van der Waals surface area (Å²) in [5.74, 6) is 0. The number of nitrogens with one attached hydrogen (secondary N) is 1. The van der Waals surface area contributed by atoms with Gasteiger partial charge < -0.3 is 5.73 Å². The third-order valence-corrected chi connectivity index (χ3v) is 1.31. The Labute approximate surface area is 72.7 Å². The molecular formula is C3H8Cl2N2Pd. The third kappa shape index (κ3) is 5.30. The van der Waals surface area contributed by atoms with E-state index in [1.165, 1.54) is 0 Å². The average molecular weight is 249 g/mol. The van der Waals surface area contributed by atoms with E-state index in [1.807, 2.05) is 0 Å². The van der Waals surface area contributed by atoms with E-state index in [2.05, 4.69) is 5.32 Å². The number of halogens is 2. The van der Waals surface area contributed by atoms with Gasteiger partial charge in [-0.3, -0.25) is 5.32 Å². The molecule has 0 aliphatic carbocycles. The number of hydrogen-bond acceptors (Lipinski definition) is 2. The Morgan fingerprint density at radius 1 is 1.62 bits per heavy atom. The van der Waals surface area contributed by atoms with Crippen LogP contribution in [-0.2, 0) is 20.4 Å². The average Bonchev–Trinajstić information content (AvgIpc) is 1.68. The molecule has 0 fully saturated rings. The molecule has 3 N–H and O–H groups in total. The monoisotopic (exact) mass is 248 g/mol. The van der Waals surface area contributed by atoms with Crippen LogP contribution in [0.5, 0.6) is 0 Å². The largest absolute Gasteiger partial charge is 0.327 e. The van der Waals surface area contributed by atoms with E-state index in [4.69, 9.17) is 28.9 Å². The second-order valence-electron chi connectivity index (χ2n) is 1.16. The number of hydrogen-bond donors (Lipinski definition) is 2. The van der Waals surface area contributed by atoms with E-state index in [0.717, 1.165) is 0 Å². The molecule has 0 aromatic heterocycles. The van der Waals surface area contributed by atoms with Gasteiger partial charge in [-0.05, 0) is 7.05 Å². The molecule has 0 spiro atoms. The van der Waals surface area contributed by atoms with E-state index in [-0.39, 0.29) is 27.0 Å². The van der Waals surface area contributed by atoms with Crippen molar-refractivity contribution in [1.29, 1.82) is 0 Å². The second kappa shape index (κ2) is 4.99. The van der Waals surface area contributed by atoms with Crippen LogP contribution in [0, 0.1) is 0 Å². The molecule has 5 heteroatoms. The van der Waals surface area contributed by atoms with Crippen molar-refractivity contribution in [2.45, 2.75) is 4.46 Å². The molecule has 0 bridgehead atoms. The molecule has 0 aromatic rings. The summed E-state index contributed by atoms with van der Waals surface area (Å²) < 4.78 is -0.944. The van der Waals surface area contributed by atoms with Gasteiger partial charge in [0, 0.05) is 27.0 Å². The fourth-order valence-corrected chi connectivity index (χ4v) is 0.102. The van der Waals surface area contributed by atoms with Gasteiger partial charge in [0.05, 0.1) is 0 Å². The summed E-state index contributed by atoms with van der Waals surface area (Å²) in [6, 6.07) is 0. The Hall–Kier alpha value is 1.16. The van der Waals surface area contributed by atoms with Crippen LogP contribution in [0.1, 0.15) is 0 Å². The number of likely N-dealkylation sites (N-methyl/N-ethyl adjacent to an activating group) is 1. The van der Waals surface area contributed by atoms with Gasteiger partial charge in [0.15, 0.2) is 4.46 Å². The molecule has 0 saturated carbocycles. The summed E-state index contributed by atoms with van der Waals surface area (Å²) in [4.78, 5) is 0. The summed E-state index contributed by atoms with van der Waals surface area (Å²) in [7, 11) is 1.65. The normalized spacial score (nSPS) is 10.5. The van der Waals surface area contributed by atoms with Gasteiger partial charge >= 0.3 is 0 Å². The first-order chi connectivity index (χ1) is 3.12. The molecule has 8 heavy (non-hydrogen) atoms. The first kappa shape index (κ1) is 11.9. The predicted molar refractivity (Wildman–Crippen MR) is 32.6 cm³/mol. The summed E-state index contributed by atoms with van der Waals surface area (Å²) >= 11 is 10.9. The zero-order valence-corrected chi connectivity index (χ0v) is 7.42. The molecule has 0 saturated heterocycles. The van der Waals surface area contributed by atoms with Crippen LogP contribution in [0.15, 0.2) is 0 Å². The third-order valence-electron chi connectivity index (χ3n) is 0.622. The maximum Gasteiger partial charge on any atom is 0.180 e. The van der Waals surface area contributed by atoms with Crippen LogP contribution in [0.4, 0.5) is 0 Å². The molecular weight excluding hydrogens is 241 g/mol. The Morgan fingerprint density at radius 3 is 2.00 bits per heavy atom. The smallest absolute Gasteiger partial charge is 0.180 e. The van der Waals surface area contributed by atoms with Crippen LogP contribution in [0.2, 0.25) is 0 Å². The maximum absolute atomic E-state index is 5.43. The van der Waals surface area contributed by atoms with Gasteiger partial charge in [-0.25, -0.2) is 0 Å². The molecule has 0 aliphatic rings. The summed E-state index contributed by atoms with van der Waals surface area (Å²) in [5, 5.41) is 2.60. The minimum Gasteiger partial charge on any atom is -0.327 e. The molecule has 0 atom stereocenters. The Kier molecular flexibility index (Phi) is 7.42. The molecule has 0 aromatic carbocycles. The molecule has 0 rings (SSSR count). The Bertz CT molecular complexity index is 53.2. The fraction of sp³-hybridized carbons (Fsp3) is 1.00. The zero-order valence-electron chi connectivity index (χ0n) is 4.36. The number of alkyl halides is 2. The van der Waals surface area contributed by atoms with Crippen LogP contribution >= 0.6 is 23.2 Å². The molecule has 0 unspecified atom stereocenters. The molecule has 0 radical (unpaired) electrons. The van der Waals surface area contributed by atoms with Crippen molar-refractivity contribution in [2.24, 2.45) is 5.73 Å². The molecule has 0 aliphatic heterocycles. The maximum atomic E-state index is 5.43. The van der Waals surface area contributed by atoms with Crippen LogP contribution in [0.3, 0.4) is 0 Å². The Balaban J connectivity index is 0.